The Bertz CT molecular complexity index is 655. The maximum Gasteiger partial charge on any atom is 0.0473 e. The predicted octanol–water partition coefficient (Wildman–Crippen LogP) is 5.36. The van der Waals surface area contributed by atoms with E-state index in [0.717, 1.165) is 12.1 Å². The van der Waals surface area contributed by atoms with Crippen LogP contribution in [0.5, 0.6) is 0 Å². The SMILES string of the molecule is C=C(Cc1ccccc1)NC1CCCCC1=Cc1ccccc1. The van der Waals surface area contributed by atoms with Crippen LogP contribution >= 0.6 is 0 Å². The maximum atomic E-state index is 4.25. The zero-order valence-corrected chi connectivity index (χ0v) is 13.7. The smallest absolute Gasteiger partial charge is 0.0473 e. The zero-order valence-electron chi connectivity index (χ0n) is 13.7. The summed E-state index contributed by atoms with van der Waals surface area (Å²) in [5.74, 6) is 0. The molecule has 2 aromatic rings. The molecule has 1 saturated carbocycles. The van der Waals surface area contributed by atoms with Crippen molar-refractivity contribution in [1.82, 2.24) is 5.32 Å². The Morgan fingerprint density at radius 3 is 2.43 bits per heavy atom. The summed E-state index contributed by atoms with van der Waals surface area (Å²) < 4.78 is 0. The minimum absolute atomic E-state index is 0.431. The lowest BCUT2D eigenvalue weighted by atomic mass is 9.88. The maximum absolute atomic E-state index is 4.25. The second-order valence-corrected chi connectivity index (χ2v) is 6.34. The summed E-state index contributed by atoms with van der Waals surface area (Å²) in [5, 5.41) is 3.67. The van der Waals surface area contributed by atoms with E-state index in [2.05, 4.69) is 78.6 Å². The molecule has 3 rings (SSSR count). The largest absolute Gasteiger partial charge is 0.382 e. The lowest BCUT2D eigenvalue weighted by Crippen LogP contribution is -2.32. The summed E-state index contributed by atoms with van der Waals surface area (Å²) in [6, 6.07) is 21.6. The monoisotopic (exact) mass is 303 g/mol. The van der Waals surface area contributed by atoms with Crippen molar-refractivity contribution in [3.05, 3.63) is 89.6 Å². The molecule has 0 bridgehead atoms. The average molecular weight is 303 g/mol. The predicted molar refractivity (Wildman–Crippen MR) is 99.1 cm³/mol. The third kappa shape index (κ3) is 4.59. The van der Waals surface area contributed by atoms with Crippen LogP contribution in [0.15, 0.2) is 78.5 Å². The molecule has 1 nitrogen and oxygen atoms in total. The van der Waals surface area contributed by atoms with E-state index in [4.69, 9.17) is 0 Å². The van der Waals surface area contributed by atoms with Crippen molar-refractivity contribution in [3.8, 4) is 0 Å². The van der Waals surface area contributed by atoms with Crippen molar-refractivity contribution in [2.24, 2.45) is 0 Å². The highest BCUT2D eigenvalue weighted by atomic mass is 14.9. The quantitative estimate of drug-likeness (QED) is 0.784. The van der Waals surface area contributed by atoms with Crippen LogP contribution in [0.4, 0.5) is 0 Å². The van der Waals surface area contributed by atoms with E-state index in [1.807, 2.05) is 0 Å². The van der Waals surface area contributed by atoms with E-state index in [-0.39, 0.29) is 0 Å². The van der Waals surface area contributed by atoms with Gasteiger partial charge in [0.2, 0.25) is 0 Å². The van der Waals surface area contributed by atoms with Gasteiger partial charge in [0.1, 0.15) is 0 Å². The molecular formula is C22H25N. The first-order chi connectivity index (χ1) is 11.3. The fraction of sp³-hybridized carbons (Fsp3) is 0.273. The van der Waals surface area contributed by atoms with Crippen LogP contribution in [-0.2, 0) is 6.42 Å². The van der Waals surface area contributed by atoms with E-state index in [1.54, 1.807) is 0 Å². The van der Waals surface area contributed by atoms with Gasteiger partial charge in [-0.05, 0) is 36.0 Å². The van der Waals surface area contributed by atoms with Crippen LogP contribution in [0.3, 0.4) is 0 Å². The van der Waals surface area contributed by atoms with Crippen molar-refractivity contribution >= 4 is 6.08 Å². The molecule has 1 fully saturated rings. The van der Waals surface area contributed by atoms with E-state index < -0.39 is 0 Å². The summed E-state index contributed by atoms with van der Waals surface area (Å²) in [6.07, 6.45) is 8.23. The minimum atomic E-state index is 0.431. The van der Waals surface area contributed by atoms with Gasteiger partial charge in [-0.1, -0.05) is 79.7 Å². The molecule has 1 unspecified atom stereocenters. The standard InChI is InChI=1S/C22H25N/c1-18(16-19-10-4-2-5-11-19)23-22-15-9-8-14-21(22)17-20-12-6-3-7-13-20/h2-7,10-13,17,22-23H,1,8-9,14-16H2. The Morgan fingerprint density at radius 2 is 1.70 bits per heavy atom. The summed E-state index contributed by atoms with van der Waals surface area (Å²) >= 11 is 0. The van der Waals surface area contributed by atoms with Gasteiger partial charge in [-0.15, -0.1) is 0 Å². The van der Waals surface area contributed by atoms with Crippen LogP contribution in [0.25, 0.3) is 6.08 Å². The summed E-state index contributed by atoms with van der Waals surface area (Å²) in [5.41, 5.74) is 5.23. The number of hydrogen-bond donors (Lipinski definition) is 1. The molecule has 0 aliphatic heterocycles. The molecule has 118 valence electrons. The zero-order chi connectivity index (χ0) is 15.9. The van der Waals surface area contributed by atoms with Crippen LogP contribution < -0.4 is 5.32 Å². The van der Waals surface area contributed by atoms with Crippen LogP contribution in [0.1, 0.15) is 36.8 Å². The van der Waals surface area contributed by atoms with Gasteiger partial charge in [0.05, 0.1) is 0 Å². The lowest BCUT2D eigenvalue weighted by Gasteiger charge is -2.28. The van der Waals surface area contributed by atoms with Crippen molar-refractivity contribution in [1.29, 1.82) is 0 Å². The Hall–Kier alpha value is -2.28. The Balaban J connectivity index is 1.67. The first-order valence-electron chi connectivity index (χ1n) is 8.55. The molecule has 0 heterocycles. The van der Waals surface area contributed by atoms with Crippen molar-refractivity contribution in [2.75, 3.05) is 0 Å². The van der Waals surface area contributed by atoms with Crippen molar-refractivity contribution < 1.29 is 0 Å². The molecule has 0 radical (unpaired) electrons. The van der Waals surface area contributed by atoms with Gasteiger partial charge in [0, 0.05) is 18.2 Å². The van der Waals surface area contributed by atoms with E-state index >= 15 is 0 Å². The second-order valence-electron chi connectivity index (χ2n) is 6.34. The molecule has 1 atom stereocenters. The van der Waals surface area contributed by atoms with E-state index in [0.29, 0.717) is 6.04 Å². The minimum Gasteiger partial charge on any atom is -0.382 e. The number of allylic oxidation sites excluding steroid dienone is 1. The van der Waals surface area contributed by atoms with Crippen LogP contribution in [0, 0.1) is 0 Å². The van der Waals surface area contributed by atoms with Crippen molar-refractivity contribution in [2.45, 2.75) is 38.1 Å². The van der Waals surface area contributed by atoms with Gasteiger partial charge in [0.25, 0.3) is 0 Å². The second kappa shape index (κ2) is 7.82. The number of hydrogen-bond acceptors (Lipinski definition) is 1. The fourth-order valence-electron chi connectivity index (χ4n) is 3.28. The molecule has 1 aliphatic carbocycles. The fourth-order valence-corrected chi connectivity index (χ4v) is 3.28. The van der Waals surface area contributed by atoms with Gasteiger partial charge >= 0.3 is 0 Å². The molecule has 1 heteroatoms. The molecule has 1 aliphatic rings. The van der Waals surface area contributed by atoms with Crippen LogP contribution in [-0.4, -0.2) is 6.04 Å². The molecule has 0 spiro atoms. The van der Waals surface area contributed by atoms with Gasteiger partial charge in [-0.2, -0.15) is 0 Å². The molecular weight excluding hydrogens is 278 g/mol. The Morgan fingerprint density at radius 1 is 1.00 bits per heavy atom. The molecule has 0 amide bonds. The molecule has 0 saturated heterocycles. The Kier molecular flexibility index (Phi) is 5.31. The summed E-state index contributed by atoms with van der Waals surface area (Å²) in [7, 11) is 0. The first-order valence-corrected chi connectivity index (χ1v) is 8.55. The highest BCUT2D eigenvalue weighted by Gasteiger charge is 2.19. The molecule has 0 aromatic heterocycles. The highest BCUT2D eigenvalue weighted by molar-refractivity contribution is 5.54. The van der Waals surface area contributed by atoms with Gasteiger partial charge in [0.15, 0.2) is 0 Å². The molecule has 1 N–H and O–H groups in total. The lowest BCUT2D eigenvalue weighted by molar-refractivity contribution is 0.484. The molecule has 2 aromatic carbocycles. The summed E-state index contributed by atoms with van der Waals surface area (Å²) in [6.45, 7) is 4.25. The number of benzene rings is 2. The van der Waals surface area contributed by atoms with Gasteiger partial charge < -0.3 is 5.32 Å². The highest BCUT2D eigenvalue weighted by Crippen LogP contribution is 2.26. The molecule has 23 heavy (non-hydrogen) atoms. The van der Waals surface area contributed by atoms with E-state index in [9.17, 15) is 0 Å². The van der Waals surface area contributed by atoms with E-state index in [1.165, 1.54) is 42.4 Å². The third-order valence-corrected chi connectivity index (χ3v) is 4.45. The van der Waals surface area contributed by atoms with Crippen LogP contribution in [0.2, 0.25) is 0 Å². The summed E-state index contributed by atoms with van der Waals surface area (Å²) in [4.78, 5) is 0. The number of rotatable bonds is 5. The topological polar surface area (TPSA) is 12.0 Å². The van der Waals surface area contributed by atoms with Crippen molar-refractivity contribution in [3.63, 3.8) is 0 Å². The normalized spacial score (nSPS) is 19.5. The third-order valence-electron chi connectivity index (χ3n) is 4.45. The number of nitrogens with one attached hydrogen (secondary N) is 1. The average Bonchev–Trinajstić information content (AvgIpc) is 2.58. The first kappa shape index (κ1) is 15.6. The van der Waals surface area contributed by atoms with Gasteiger partial charge in [-0.25, -0.2) is 0 Å². The van der Waals surface area contributed by atoms with Gasteiger partial charge in [-0.3, -0.25) is 0 Å². The Labute approximate surface area is 139 Å².